The molecule has 1 atom stereocenters. The van der Waals surface area contributed by atoms with Gasteiger partial charge in [0.1, 0.15) is 6.61 Å². The molecule has 1 unspecified atom stereocenters. The first kappa shape index (κ1) is 16.2. The monoisotopic (exact) mass is 394 g/mol. The zero-order chi connectivity index (χ0) is 14.4. The molecule has 2 N–H and O–H groups in total. The number of nitrogens with zero attached hydrogens (tertiary/aromatic N) is 1. The molecule has 19 heavy (non-hydrogen) atoms. The van der Waals surface area contributed by atoms with Gasteiger partial charge in [0.05, 0.1) is 10.5 Å². The van der Waals surface area contributed by atoms with E-state index < -0.39 is 6.09 Å². The van der Waals surface area contributed by atoms with Crippen molar-refractivity contribution < 1.29 is 14.6 Å². The Morgan fingerprint density at radius 3 is 2.74 bits per heavy atom. The highest BCUT2D eigenvalue weighted by Gasteiger charge is 2.15. The second-order valence-corrected chi connectivity index (χ2v) is 6.30. The molecule has 0 aliphatic rings. The van der Waals surface area contributed by atoms with Gasteiger partial charge in [-0.1, -0.05) is 13.8 Å². The Morgan fingerprint density at radius 1 is 1.53 bits per heavy atom. The van der Waals surface area contributed by atoms with Crippen molar-refractivity contribution in [1.29, 1.82) is 0 Å². The van der Waals surface area contributed by atoms with Crippen LogP contribution in [0.15, 0.2) is 21.2 Å². The SMILES string of the molecule is CC(C)CC(COc1ncc(Br)cc1Br)NC(=O)O. The third-order valence-corrected chi connectivity index (χ3v) is 3.28. The number of rotatable bonds is 6. The van der Waals surface area contributed by atoms with Crippen LogP contribution in [0.4, 0.5) is 4.79 Å². The number of halogens is 2. The summed E-state index contributed by atoms with van der Waals surface area (Å²) in [6.45, 7) is 4.31. The molecule has 0 fully saturated rings. The fraction of sp³-hybridized carbons (Fsp3) is 0.500. The lowest BCUT2D eigenvalue weighted by molar-refractivity contribution is 0.175. The molecule has 0 bridgehead atoms. The molecule has 1 amide bonds. The van der Waals surface area contributed by atoms with Crippen molar-refractivity contribution in [3.63, 3.8) is 0 Å². The minimum absolute atomic E-state index is 0.248. The number of hydrogen-bond donors (Lipinski definition) is 2. The second kappa shape index (κ2) is 7.69. The van der Waals surface area contributed by atoms with Crippen LogP contribution >= 0.6 is 31.9 Å². The quantitative estimate of drug-likeness (QED) is 0.770. The highest BCUT2D eigenvalue weighted by Crippen LogP contribution is 2.25. The van der Waals surface area contributed by atoms with E-state index in [0.29, 0.717) is 18.2 Å². The molecular weight excluding hydrogens is 380 g/mol. The van der Waals surface area contributed by atoms with Gasteiger partial charge < -0.3 is 15.2 Å². The zero-order valence-electron chi connectivity index (χ0n) is 10.7. The Labute approximate surface area is 129 Å². The van der Waals surface area contributed by atoms with E-state index in [-0.39, 0.29) is 12.6 Å². The summed E-state index contributed by atoms with van der Waals surface area (Å²) in [4.78, 5) is 14.8. The minimum Gasteiger partial charge on any atom is -0.475 e. The molecule has 0 spiro atoms. The summed E-state index contributed by atoms with van der Waals surface area (Å²) in [5, 5.41) is 11.2. The molecular formula is C12H16Br2N2O3. The van der Waals surface area contributed by atoms with Crippen molar-refractivity contribution in [1.82, 2.24) is 10.3 Å². The van der Waals surface area contributed by atoms with Gasteiger partial charge in [0, 0.05) is 10.7 Å². The largest absolute Gasteiger partial charge is 0.475 e. The Bertz CT molecular complexity index is 441. The molecule has 0 aromatic carbocycles. The van der Waals surface area contributed by atoms with Gasteiger partial charge >= 0.3 is 6.09 Å². The van der Waals surface area contributed by atoms with Gasteiger partial charge in [-0.3, -0.25) is 0 Å². The summed E-state index contributed by atoms with van der Waals surface area (Å²) < 4.78 is 7.12. The van der Waals surface area contributed by atoms with Crippen LogP contribution in [0.5, 0.6) is 5.88 Å². The van der Waals surface area contributed by atoms with Gasteiger partial charge in [-0.25, -0.2) is 9.78 Å². The van der Waals surface area contributed by atoms with E-state index in [1.807, 2.05) is 19.9 Å². The van der Waals surface area contributed by atoms with Crippen LogP contribution in [0.3, 0.4) is 0 Å². The lowest BCUT2D eigenvalue weighted by Gasteiger charge is -2.19. The van der Waals surface area contributed by atoms with Crippen LogP contribution in [-0.4, -0.2) is 28.8 Å². The number of nitrogens with one attached hydrogen (secondary N) is 1. The predicted octanol–water partition coefficient (Wildman–Crippen LogP) is 3.67. The van der Waals surface area contributed by atoms with Crippen LogP contribution in [0.2, 0.25) is 0 Å². The first-order valence-electron chi connectivity index (χ1n) is 5.81. The average Bonchev–Trinajstić information content (AvgIpc) is 2.25. The Balaban J connectivity index is 2.61. The smallest absolute Gasteiger partial charge is 0.404 e. The third-order valence-electron chi connectivity index (χ3n) is 2.28. The highest BCUT2D eigenvalue weighted by molar-refractivity contribution is 9.11. The van der Waals surface area contributed by atoms with Gasteiger partial charge in [-0.05, 0) is 50.3 Å². The lowest BCUT2D eigenvalue weighted by atomic mass is 10.0. The van der Waals surface area contributed by atoms with Gasteiger partial charge in [-0.15, -0.1) is 0 Å². The normalized spacial score (nSPS) is 12.3. The highest BCUT2D eigenvalue weighted by atomic mass is 79.9. The topological polar surface area (TPSA) is 71.5 Å². The first-order valence-corrected chi connectivity index (χ1v) is 7.40. The molecule has 7 heteroatoms. The van der Waals surface area contributed by atoms with Crippen LogP contribution in [0.25, 0.3) is 0 Å². The Morgan fingerprint density at radius 2 is 2.21 bits per heavy atom. The van der Waals surface area contributed by atoms with E-state index in [9.17, 15) is 4.79 Å². The standard InChI is InChI=1S/C12H16Br2N2O3/c1-7(2)3-9(16-12(17)18)6-19-11-10(14)4-8(13)5-15-11/h4-5,7,9,16H,3,6H2,1-2H3,(H,17,18). The summed E-state index contributed by atoms with van der Waals surface area (Å²) in [5.41, 5.74) is 0. The molecule has 5 nitrogen and oxygen atoms in total. The fourth-order valence-electron chi connectivity index (χ4n) is 1.60. The van der Waals surface area contributed by atoms with Crippen molar-refractivity contribution >= 4 is 38.0 Å². The molecule has 0 saturated carbocycles. The van der Waals surface area contributed by atoms with E-state index in [1.54, 1.807) is 6.20 Å². The lowest BCUT2D eigenvalue weighted by Crippen LogP contribution is -2.39. The number of pyridine rings is 1. The van der Waals surface area contributed by atoms with E-state index in [1.165, 1.54) is 0 Å². The maximum atomic E-state index is 10.7. The molecule has 1 heterocycles. The average molecular weight is 396 g/mol. The van der Waals surface area contributed by atoms with Crippen molar-refractivity contribution in [2.45, 2.75) is 26.3 Å². The van der Waals surface area contributed by atoms with Crippen molar-refractivity contribution in [3.05, 3.63) is 21.2 Å². The molecule has 0 aliphatic carbocycles. The number of ether oxygens (including phenoxy) is 1. The summed E-state index contributed by atoms with van der Waals surface area (Å²) in [7, 11) is 0. The number of carboxylic acid groups (broad SMARTS) is 1. The number of amides is 1. The van der Waals surface area contributed by atoms with Gasteiger partial charge in [0.15, 0.2) is 0 Å². The summed E-state index contributed by atoms with van der Waals surface area (Å²) in [6, 6.07) is 1.57. The Hall–Kier alpha value is -0.820. The van der Waals surface area contributed by atoms with Crippen LogP contribution < -0.4 is 10.1 Å². The Kier molecular flexibility index (Phi) is 6.57. The van der Waals surface area contributed by atoms with Crippen LogP contribution in [0.1, 0.15) is 20.3 Å². The molecule has 0 radical (unpaired) electrons. The number of hydrogen-bond acceptors (Lipinski definition) is 3. The molecule has 0 saturated heterocycles. The van der Waals surface area contributed by atoms with Crippen molar-refractivity contribution in [3.8, 4) is 5.88 Å². The molecule has 1 aromatic rings. The first-order chi connectivity index (χ1) is 8.88. The molecule has 1 rings (SSSR count). The summed E-state index contributed by atoms with van der Waals surface area (Å²) in [5.74, 6) is 0.825. The van der Waals surface area contributed by atoms with Gasteiger partial charge in [-0.2, -0.15) is 0 Å². The summed E-state index contributed by atoms with van der Waals surface area (Å²) in [6.07, 6.45) is 1.29. The van der Waals surface area contributed by atoms with Gasteiger partial charge in [0.2, 0.25) is 5.88 Å². The number of carbonyl (C=O) groups is 1. The van der Waals surface area contributed by atoms with Crippen LogP contribution in [0, 0.1) is 5.92 Å². The maximum Gasteiger partial charge on any atom is 0.404 e. The zero-order valence-corrected chi connectivity index (χ0v) is 13.9. The maximum absolute atomic E-state index is 10.7. The minimum atomic E-state index is -1.04. The van der Waals surface area contributed by atoms with Crippen LogP contribution in [-0.2, 0) is 0 Å². The predicted molar refractivity (Wildman–Crippen MR) is 79.5 cm³/mol. The fourth-order valence-corrected chi connectivity index (χ4v) is 2.70. The third kappa shape index (κ3) is 6.24. The number of aromatic nitrogens is 1. The molecule has 1 aromatic heterocycles. The van der Waals surface area contributed by atoms with E-state index in [0.717, 1.165) is 8.95 Å². The van der Waals surface area contributed by atoms with Crippen molar-refractivity contribution in [2.24, 2.45) is 5.92 Å². The van der Waals surface area contributed by atoms with Crippen molar-refractivity contribution in [2.75, 3.05) is 6.61 Å². The van der Waals surface area contributed by atoms with E-state index in [2.05, 4.69) is 42.2 Å². The summed E-state index contributed by atoms with van der Waals surface area (Å²) >= 11 is 6.65. The van der Waals surface area contributed by atoms with E-state index >= 15 is 0 Å². The van der Waals surface area contributed by atoms with E-state index in [4.69, 9.17) is 9.84 Å². The molecule has 106 valence electrons. The molecule has 0 aliphatic heterocycles. The second-order valence-electron chi connectivity index (χ2n) is 4.53. The van der Waals surface area contributed by atoms with Gasteiger partial charge in [0.25, 0.3) is 0 Å².